The molecule has 28 heavy (non-hydrogen) atoms. The lowest BCUT2D eigenvalue weighted by atomic mass is 10.0. The van der Waals surface area contributed by atoms with Crippen LogP contribution in [-0.2, 0) is 6.54 Å². The van der Waals surface area contributed by atoms with Gasteiger partial charge in [-0.1, -0.05) is 30.3 Å². The van der Waals surface area contributed by atoms with E-state index in [1.165, 1.54) is 17.7 Å². The van der Waals surface area contributed by atoms with Crippen LogP contribution in [0.15, 0.2) is 47.4 Å². The molecule has 0 radical (unpaired) electrons. The zero-order valence-corrected chi connectivity index (χ0v) is 16.6. The molecule has 1 N–H and O–H groups in total. The van der Waals surface area contributed by atoms with Crippen LogP contribution in [0.1, 0.15) is 39.1 Å². The highest BCUT2D eigenvalue weighted by Gasteiger charge is 2.38. The Balaban J connectivity index is 1.86. The van der Waals surface area contributed by atoms with Gasteiger partial charge in [0.25, 0.3) is 11.5 Å². The van der Waals surface area contributed by atoms with Crippen LogP contribution < -0.4 is 10.9 Å². The molecule has 0 saturated heterocycles. The predicted molar refractivity (Wildman–Crippen MR) is 109 cm³/mol. The first kappa shape index (κ1) is 20.0. The first-order valence-electron chi connectivity index (χ1n) is 9.57. The van der Waals surface area contributed by atoms with E-state index in [0.717, 1.165) is 18.5 Å². The van der Waals surface area contributed by atoms with Crippen LogP contribution in [0.25, 0.3) is 0 Å². The maximum Gasteiger partial charge on any atom is 0.263 e. The molecule has 1 heterocycles. The summed E-state index contributed by atoms with van der Waals surface area (Å²) >= 11 is 0. The van der Waals surface area contributed by atoms with Crippen LogP contribution in [0.3, 0.4) is 0 Å². The summed E-state index contributed by atoms with van der Waals surface area (Å²) in [5.41, 5.74) is 0.969. The number of nitrogens with one attached hydrogen (secondary N) is 1. The van der Waals surface area contributed by atoms with Crippen LogP contribution >= 0.6 is 0 Å². The van der Waals surface area contributed by atoms with Gasteiger partial charge in [-0.2, -0.15) is 0 Å². The van der Waals surface area contributed by atoms with Gasteiger partial charge in [0, 0.05) is 31.8 Å². The number of benzene rings is 1. The van der Waals surface area contributed by atoms with Gasteiger partial charge in [-0.05, 0) is 44.0 Å². The maximum atomic E-state index is 12.8. The van der Waals surface area contributed by atoms with Crippen molar-refractivity contribution in [3.05, 3.63) is 69.6 Å². The molecule has 1 aliphatic carbocycles. The number of pyridine rings is 1. The molecular formula is C22H27N3O3. The predicted octanol–water partition coefficient (Wildman–Crippen LogP) is 2.03. The molecule has 3 rings (SSSR count). The van der Waals surface area contributed by atoms with Gasteiger partial charge in [0.05, 0.1) is 6.54 Å². The number of hydrogen-bond donors (Lipinski definition) is 1. The molecule has 1 saturated carbocycles. The summed E-state index contributed by atoms with van der Waals surface area (Å²) in [7, 11) is 5.55. The van der Waals surface area contributed by atoms with E-state index in [4.69, 9.17) is 0 Å². The Morgan fingerprint density at radius 1 is 1.18 bits per heavy atom. The normalized spacial score (nSPS) is 18.1. The van der Waals surface area contributed by atoms with Gasteiger partial charge in [0.15, 0.2) is 5.78 Å². The second-order valence-electron chi connectivity index (χ2n) is 7.79. The number of rotatable bonds is 8. The molecule has 1 aromatic heterocycles. The van der Waals surface area contributed by atoms with Crippen molar-refractivity contribution in [3.63, 3.8) is 0 Å². The maximum absolute atomic E-state index is 12.8. The van der Waals surface area contributed by atoms with E-state index < -0.39 is 11.5 Å². The minimum absolute atomic E-state index is 0.00456. The van der Waals surface area contributed by atoms with Gasteiger partial charge in [0.2, 0.25) is 0 Å². The van der Waals surface area contributed by atoms with Gasteiger partial charge in [-0.15, -0.1) is 0 Å². The van der Waals surface area contributed by atoms with Gasteiger partial charge < -0.3 is 14.8 Å². The van der Waals surface area contributed by atoms with Crippen LogP contribution in [0, 0.1) is 11.8 Å². The Kier molecular flexibility index (Phi) is 6.09. The molecule has 1 aromatic carbocycles. The SMILES string of the molecule is CNC(=O)c1cc(C(=O)C[C@H]2C[C@@H]2CN(C)C)cn(Cc2ccccc2)c1=O. The van der Waals surface area contributed by atoms with Crippen molar-refractivity contribution in [2.45, 2.75) is 19.4 Å². The zero-order chi connectivity index (χ0) is 20.3. The molecule has 1 amide bonds. The molecule has 1 aliphatic rings. The van der Waals surface area contributed by atoms with Gasteiger partial charge >= 0.3 is 0 Å². The molecule has 0 unspecified atom stereocenters. The van der Waals surface area contributed by atoms with Crippen molar-refractivity contribution in [2.24, 2.45) is 11.8 Å². The van der Waals surface area contributed by atoms with Gasteiger partial charge in [-0.25, -0.2) is 0 Å². The smallest absolute Gasteiger partial charge is 0.263 e. The first-order chi connectivity index (χ1) is 13.4. The third-order valence-corrected chi connectivity index (χ3v) is 5.19. The number of carbonyl (C=O) groups excluding carboxylic acids is 2. The summed E-state index contributed by atoms with van der Waals surface area (Å²) in [4.78, 5) is 39.9. The molecule has 0 spiro atoms. The Morgan fingerprint density at radius 3 is 2.54 bits per heavy atom. The third kappa shape index (κ3) is 4.75. The molecule has 1 fully saturated rings. The second-order valence-corrected chi connectivity index (χ2v) is 7.79. The average molecular weight is 381 g/mol. The first-order valence-corrected chi connectivity index (χ1v) is 9.57. The quantitative estimate of drug-likeness (QED) is 0.710. The Morgan fingerprint density at radius 2 is 1.89 bits per heavy atom. The largest absolute Gasteiger partial charge is 0.355 e. The summed E-state index contributed by atoms with van der Waals surface area (Å²) in [6.07, 6.45) is 3.10. The number of Topliss-reactive ketones (excluding diaryl/α,β-unsaturated/α-hetero) is 1. The lowest BCUT2D eigenvalue weighted by Crippen LogP contribution is -2.32. The highest BCUT2D eigenvalue weighted by atomic mass is 16.2. The number of ketones is 1. The van der Waals surface area contributed by atoms with E-state index in [0.29, 0.717) is 30.4 Å². The van der Waals surface area contributed by atoms with E-state index in [-0.39, 0.29) is 11.3 Å². The summed E-state index contributed by atoms with van der Waals surface area (Å²) in [5, 5.41) is 2.49. The van der Waals surface area contributed by atoms with E-state index >= 15 is 0 Å². The van der Waals surface area contributed by atoms with Crippen molar-refractivity contribution >= 4 is 11.7 Å². The molecule has 2 atom stereocenters. The average Bonchev–Trinajstić information content (AvgIpc) is 3.39. The monoisotopic (exact) mass is 381 g/mol. The number of carbonyl (C=O) groups is 2. The van der Waals surface area contributed by atoms with E-state index in [2.05, 4.69) is 10.2 Å². The number of nitrogens with zero attached hydrogens (tertiary/aromatic N) is 2. The van der Waals surface area contributed by atoms with E-state index in [9.17, 15) is 14.4 Å². The van der Waals surface area contributed by atoms with E-state index in [1.54, 1.807) is 6.20 Å². The Hall–Kier alpha value is -2.73. The van der Waals surface area contributed by atoms with Crippen molar-refractivity contribution in [3.8, 4) is 0 Å². The van der Waals surface area contributed by atoms with E-state index in [1.807, 2.05) is 44.4 Å². The highest BCUT2D eigenvalue weighted by molar-refractivity contribution is 6.00. The number of aromatic nitrogens is 1. The molecule has 0 bridgehead atoms. The Bertz CT molecular complexity index is 918. The van der Waals surface area contributed by atoms with Crippen molar-refractivity contribution in [1.82, 2.24) is 14.8 Å². The highest BCUT2D eigenvalue weighted by Crippen LogP contribution is 2.42. The summed E-state index contributed by atoms with van der Waals surface area (Å²) < 4.78 is 1.46. The lowest BCUT2D eigenvalue weighted by molar-refractivity contribution is 0.0961. The number of hydrogen-bond acceptors (Lipinski definition) is 4. The van der Waals surface area contributed by atoms with Gasteiger partial charge in [0.1, 0.15) is 5.56 Å². The fraction of sp³-hybridized carbons (Fsp3) is 0.409. The summed E-state index contributed by atoms with van der Waals surface area (Å²) in [6.45, 7) is 1.30. The fourth-order valence-electron chi connectivity index (χ4n) is 3.59. The van der Waals surface area contributed by atoms with Crippen LogP contribution in [0.2, 0.25) is 0 Å². The minimum Gasteiger partial charge on any atom is -0.355 e. The van der Waals surface area contributed by atoms with Crippen LogP contribution in [0.4, 0.5) is 0 Å². The van der Waals surface area contributed by atoms with Crippen molar-refractivity contribution in [1.29, 1.82) is 0 Å². The number of amides is 1. The lowest BCUT2D eigenvalue weighted by Gasteiger charge is -2.12. The second kappa shape index (κ2) is 8.52. The molecule has 6 nitrogen and oxygen atoms in total. The summed E-state index contributed by atoms with van der Waals surface area (Å²) in [5.74, 6) is 0.442. The van der Waals surface area contributed by atoms with Crippen molar-refractivity contribution in [2.75, 3.05) is 27.7 Å². The van der Waals surface area contributed by atoms with Crippen molar-refractivity contribution < 1.29 is 9.59 Å². The van der Waals surface area contributed by atoms with Crippen LogP contribution in [0.5, 0.6) is 0 Å². The third-order valence-electron chi connectivity index (χ3n) is 5.19. The molecular weight excluding hydrogens is 354 g/mol. The molecule has 2 aromatic rings. The minimum atomic E-state index is -0.474. The fourth-order valence-corrected chi connectivity index (χ4v) is 3.59. The summed E-state index contributed by atoms with van der Waals surface area (Å²) in [6, 6.07) is 11.0. The molecule has 6 heteroatoms. The molecule has 0 aliphatic heterocycles. The standard InChI is InChI=1S/C22H27N3O3/c1-23-21(27)19-10-18(20(26)11-16-9-17(16)13-24(2)3)14-25(22(19)28)12-15-7-5-4-6-8-15/h4-8,10,14,16-17H,9,11-13H2,1-3H3,(H,23,27)/t16-,17-/m1/s1. The van der Waals surface area contributed by atoms with Crippen LogP contribution in [-0.4, -0.2) is 48.8 Å². The van der Waals surface area contributed by atoms with Gasteiger partial charge in [-0.3, -0.25) is 14.4 Å². The zero-order valence-electron chi connectivity index (χ0n) is 16.6. The molecule has 148 valence electrons. The Labute approximate surface area is 165 Å². The topological polar surface area (TPSA) is 71.4 Å².